The van der Waals surface area contributed by atoms with Gasteiger partial charge >= 0.3 is 6.09 Å². The number of amides is 2. The van der Waals surface area contributed by atoms with Gasteiger partial charge < -0.3 is 25.2 Å². The first kappa shape index (κ1) is 22.7. The number of carbonyl (C=O) groups is 2. The highest BCUT2D eigenvalue weighted by molar-refractivity contribution is 7.21. The van der Waals surface area contributed by atoms with E-state index in [0.717, 1.165) is 50.3 Å². The maximum atomic E-state index is 12.7. The highest BCUT2D eigenvalue weighted by Gasteiger charge is 2.26. The molecule has 9 heteroatoms. The molecule has 2 aliphatic rings. The van der Waals surface area contributed by atoms with Gasteiger partial charge in [-0.25, -0.2) is 9.78 Å². The van der Waals surface area contributed by atoms with Crippen molar-refractivity contribution in [1.29, 1.82) is 0 Å². The average Bonchev–Trinajstić information content (AvgIpc) is 2.89. The number of carbonyl (C=O) groups excluding carboxylic acids is 2. The molecule has 1 fully saturated rings. The summed E-state index contributed by atoms with van der Waals surface area (Å²) in [4.78, 5) is 34.9. The van der Waals surface area contributed by atoms with Gasteiger partial charge in [-0.2, -0.15) is 0 Å². The molecule has 8 nitrogen and oxygen atoms in total. The van der Waals surface area contributed by atoms with Crippen LogP contribution in [0.3, 0.4) is 0 Å². The molecule has 3 aromatic rings. The summed E-state index contributed by atoms with van der Waals surface area (Å²) in [6.07, 6.45) is 0.597. The predicted molar refractivity (Wildman–Crippen MR) is 137 cm³/mol. The summed E-state index contributed by atoms with van der Waals surface area (Å²) < 4.78 is 6.63. The average molecular weight is 482 g/mol. The number of nitrogens with one attached hydrogen (secondary N) is 2. The quantitative estimate of drug-likeness (QED) is 0.534. The van der Waals surface area contributed by atoms with E-state index in [2.05, 4.69) is 27.7 Å². The molecule has 5 rings (SSSR count). The molecule has 4 heterocycles. The first-order chi connectivity index (χ1) is 16.2. The summed E-state index contributed by atoms with van der Waals surface area (Å²) in [6, 6.07) is 8.32. The molecular weight excluding hydrogens is 450 g/mol. The largest absolute Gasteiger partial charge is 0.444 e. The van der Waals surface area contributed by atoms with Gasteiger partial charge in [0, 0.05) is 54.2 Å². The fraction of sp³-hybridized carbons (Fsp3) is 0.480. The lowest BCUT2D eigenvalue weighted by Crippen LogP contribution is -2.39. The van der Waals surface area contributed by atoms with Crippen LogP contribution in [0.2, 0.25) is 0 Å². The number of thiophene rings is 1. The third-order valence-electron chi connectivity index (χ3n) is 6.15. The van der Waals surface area contributed by atoms with Crippen LogP contribution in [-0.4, -0.2) is 66.3 Å². The maximum Gasteiger partial charge on any atom is 0.410 e. The number of nitrogens with zero attached hydrogens (tertiary/aromatic N) is 3. The van der Waals surface area contributed by atoms with Crippen molar-refractivity contribution in [3.63, 3.8) is 0 Å². The van der Waals surface area contributed by atoms with Crippen LogP contribution in [-0.2, 0) is 4.74 Å². The lowest BCUT2D eigenvalue weighted by molar-refractivity contribution is 0.0263. The molecule has 1 aromatic carbocycles. The van der Waals surface area contributed by atoms with Gasteiger partial charge in [0.1, 0.15) is 16.3 Å². The zero-order chi connectivity index (χ0) is 24.0. The Morgan fingerprint density at radius 1 is 1.15 bits per heavy atom. The van der Waals surface area contributed by atoms with Crippen LogP contribution in [0.5, 0.6) is 0 Å². The predicted octanol–water partition coefficient (Wildman–Crippen LogP) is 4.44. The van der Waals surface area contributed by atoms with E-state index in [9.17, 15) is 9.59 Å². The normalized spacial score (nSPS) is 19.3. The number of aromatic nitrogens is 1. The second kappa shape index (κ2) is 8.61. The molecule has 1 saturated heterocycles. The van der Waals surface area contributed by atoms with Crippen molar-refractivity contribution in [1.82, 2.24) is 15.2 Å². The van der Waals surface area contributed by atoms with Crippen molar-refractivity contribution >= 4 is 55.8 Å². The van der Waals surface area contributed by atoms with Gasteiger partial charge in [-0.3, -0.25) is 4.79 Å². The molecule has 0 radical (unpaired) electrons. The lowest BCUT2D eigenvalue weighted by Gasteiger charge is -2.26. The van der Waals surface area contributed by atoms with Crippen molar-refractivity contribution in [2.45, 2.75) is 45.8 Å². The third kappa shape index (κ3) is 4.36. The molecule has 0 unspecified atom stereocenters. The minimum absolute atomic E-state index is 0.0227. The van der Waals surface area contributed by atoms with Gasteiger partial charge in [-0.15, -0.1) is 11.3 Å². The Hall–Kier alpha value is -3.07. The number of rotatable bonds is 1. The molecule has 0 spiro atoms. The van der Waals surface area contributed by atoms with Gasteiger partial charge in [-0.05, 0) is 58.4 Å². The molecule has 2 aliphatic heterocycles. The molecule has 2 N–H and O–H groups in total. The Morgan fingerprint density at radius 2 is 1.97 bits per heavy atom. The van der Waals surface area contributed by atoms with Crippen LogP contribution in [0.4, 0.5) is 16.3 Å². The maximum absolute atomic E-state index is 12.7. The standard InChI is InChI=1S/C25H31N5O3S/c1-15-14-26-21-20-16-6-9-19(28-17(16)7-8-18(20)34-22(21)23(31)27-15)29-10-5-11-30(13-12-29)24(32)33-25(2,3)4/h6-9,15,26H,5,10-14H2,1-4H3,(H,27,31)/t15-/m1/s1. The van der Waals surface area contributed by atoms with Crippen molar-refractivity contribution in [3.8, 4) is 0 Å². The summed E-state index contributed by atoms with van der Waals surface area (Å²) in [7, 11) is 0. The minimum atomic E-state index is -0.498. The lowest BCUT2D eigenvalue weighted by atomic mass is 10.1. The Bertz CT molecular complexity index is 1260. The monoisotopic (exact) mass is 481 g/mol. The number of fused-ring (bicyclic) bond motifs is 5. The first-order valence-corrected chi connectivity index (χ1v) is 12.6. The first-order valence-electron chi connectivity index (χ1n) is 11.8. The highest BCUT2D eigenvalue weighted by atomic mass is 32.1. The Balaban J connectivity index is 1.42. The highest BCUT2D eigenvalue weighted by Crippen LogP contribution is 2.41. The van der Waals surface area contributed by atoms with E-state index in [1.165, 1.54) is 11.3 Å². The van der Waals surface area contributed by atoms with E-state index >= 15 is 0 Å². The second-order valence-corrected chi connectivity index (χ2v) is 11.1. The van der Waals surface area contributed by atoms with E-state index < -0.39 is 5.60 Å². The third-order valence-corrected chi connectivity index (χ3v) is 7.30. The number of anilines is 2. The topological polar surface area (TPSA) is 86.8 Å². The fourth-order valence-corrected chi connectivity index (χ4v) is 5.64. The number of pyridine rings is 1. The molecule has 0 bridgehead atoms. The molecule has 0 aliphatic carbocycles. The van der Waals surface area contributed by atoms with E-state index in [-0.39, 0.29) is 18.0 Å². The SMILES string of the molecule is C[C@@H]1CNc2c(sc3ccc4nc(N5CCCN(C(=O)OC(C)(C)C)CC5)ccc4c23)C(=O)N1. The van der Waals surface area contributed by atoms with Gasteiger partial charge in [0.2, 0.25) is 0 Å². The van der Waals surface area contributed by atoms with Crippen molar-refractivity contribution in [3.05, 3.63) is 29.1 Å². The molecule has 0 saturated carbocycles. The smallest absolute Gasteiger partial charge is 0.410 e. The van der Waals surface area contributed by atoms with E-state index in [4.69, 9.17) is 9.72 Å². The zero-order valence-corrected chi connectivity index (χ0v) is 20.9. The Labute approximate surface area is 203 Å². The van der Waals surface area contributed by atoms with Gasteiger partial charge in [0.15, 0.2) is 0 Å². The molecule has 180 valence electrons. The van der Waals surface area contributed by atoms with Crippen LogP contribution >= 0.6 is 11.3 Å². The molecule has 2 aromatic heterocycles. The number of benzene rings is 1. The summed E-state index contributed by atoms with van der Waals surface area (Å²) >= 11 is 1.52. The van der Waals surface area contributed by atoms with E-state index in [1.54, 1.807) is 4.90 Å². The van der Waals surface area contributed by atoms with Crippen molar-refractivity contribution < 1.29 is 14.3 Å². The van der Waals surface area contributed by atoms with Crippen LogP contribution in [0.1, 0.15) is 43.8 Å². The second-order valence-electron chi connectivity index (χ2n) is 10.0. The van der Waals surface area contributed by atoms with E-state index in [0.29, 0.717) is 26.2 Å². The molecule has 1 atom stereocenters. The molecular formula is C25H31N5O3S. The van der Waals surface area contributed by atoms with Crippen LogP contribution in [0.15, 0.2) is 24.3 Å². The number of hydrogen-bond acceptors (Lipinski definition) is 7. The Kier molecular flexibility index (Phi) is 5.75. The summed E-state index contributed by atoms with van der Waals surface area (Å²) in [5.41, 5.74) is 1.31. The Morgan fingerprint density at radius 3 is 2.76 bits per heavy atom. The zero-order valence-electron chi connectivity index (χ0n) is 20.1. The van der Waals surface area contributed by atoms with E-state index in [1.807, 2.05) is 39.8 Å². The number of ether oxygens (including phenoxy) is 1. The summed E-state index contributed by atoms with van der Waals surface area (Å²) in [5, 5.41) is 8.62. The van der Waals surface area contributed by atoms with Crippen LogP contribution in [0.25, 0.3) is 21.0 Å². The summed E-state index contributed by atoms with van der Waals surface area (Å²) in [6.45, 7) is 11.2. The molecule has 34 heavy (non-hydrogen) atoms. The van der Waals surface area contributed by atoms with Gasteiger partial charge in [0.25, 0.3) is 5.91 Å². The molecule has 2 amide bonds. The summed E-state index contributed by atoms with van der Waals surface area (Å²) in [5.74, 6) is 0.879. The van der Waals surface area contributed by atoms with Crippen LogP contribution < -0.4 is 15.5 Å². The number of hydrogen-bond donors (Lipinski definition) is 2. The van der Waals surface area contributed by atoms with Crippen LogP contribution in [0, 0.1) is 0 Å². The van der Waals surface area contributed by atoms with Gasteiger partial charge in [0.05, 0.1) is 11.2 Å². The minimum Gasteiger partial charge on any atom is -0.444 e. The van der Waals surface area contributed by atoms with Gasteiger partial charge in [-0.1, -0.05) is 0 Å². The fourth-order valence-electron chi connectivity index (χ4n) is 4.55. The van der Waals surface area contributed by atoms with Crippen molar-refractivity contribution in [2.24, 2.45) is 0 Å². The van der Waals surface area contributed by atoms with Crippen molar-refractivity contribution in [2.75, 3.05) is 42.9 Å².